The van der Waals surface area contributed by atoms with Crippen molar-refractivity contribution in [2.24, 2.45) is 0 Å². The van der Waals surface area contributed by atoms with E-state index in [0.29, 0.717) is 54.6 Å². The highest BCUT2D eigenvalue weighted by Gasteiger charge is 2.37. The fourth-order valence-electron chi connectivity index (χ4n) is 4.22. The Morgan fingerprint density at radius 1 is 1.18 bits per heavy atom. The summed E-state index contributed by atoms with van der Waals surface area (Å²) >= 11 is 0. The molecule has 2 N–H and O–H groups in total. The zero-order valence-electron chi connectivity index (χ0n) is 20.5. The monoisotopic (exact) mass is 534 g/mol. The number of halogens is 4. The summed E-state index contributed by atoms with van der Waals surface area (Å²) in [4.78, 5) is 17.2. The van der Waals surface area contributed by atoms with Crippen LogP contribution >= 0.6 is 0 Å². The van der Waals surface area contributed by atoms with Crippen molar-refractivity contribution >= 4 is 11.6 Å². The van der Waals surface area contributed by atoms with Crippen molar-refractivity contribution in [1.29, 1.82) is 0 Å². The molecule has 0 saturated carbocycles. The number of rotatable bonds is 8. The Labute approximate surface area is 216 Å². The fourth-order valence-corrected chi connectivity index (χ4v) is 4.22. The number of carbonyl (C=O) groups excluding carboxylic acids is 1. The molecular weight excluding hydrogens is 508 g/mol. The van der Waals surface area contributed by atoms with Gasteiger partial charge >= 0.3 is 6.18 Å². The molecule has 12 heteroatoms. The Kier molecular flexibility index (Phi) is 8.22. The third-order valence-corrected chi connectivity index (χ3v) is 6.41. The van der Waals surface area contributed by atoms with Crippen LogP contribution in [-0.4, -0.2) is 59.3 Å². The minimum Gasteiger partial charge on any atom is -0.475 e. The predicted molar refractivity (Wildman–Crippen MR) is 130 cm³/mol. The number of pyridine rings is 1. The Morgan fingerprint density at radius 3 is 2.63 bits per heavy atom. The highest BCUT2D eigenvalue weighted by atomic mass is 19.4. The average molecular weight is 535 g/mol. The smallest absolute Gasteiger partial charge is 0.435 e. The summed E-state index contributed by atoms with van der Waals surface area (Å²) < 4.78 is 64.3. The summed E-state index contributed by atoms with van der Waals surface area (Å²) in [6.45, 7) is 1.75. The van der Waals surface area contributed by atoms with Gasteiger partial charge in [-0.1, -0.05) is 6.07 Å². The summed E-state index contributed by atoms with van der Waals surface area (Å²) in [5.41, 5.74) is 0.517. The van der Waals surface area contributed by atoms with Gasteiger partial charge in [-0.25, -0.2) is 4.98 Å². The first-order valence-corrected chi connectivity index (χ1v) is 11.9. The highest BCUT2D eigenvalue weighted by Crippen LogP contribution is 2.38. The van der Waals surface area contributed by atoms with Crippen molar-refractivity contribution in [3.05, 3.63) is 65.1 Å². The van der Waals surface area contributed by atoms with Crippen molar-refractivity contribution < 1.29 is 36.9 Å². The Hall–Kier alpha value is -3.64. The van der Waals surface area contributed by atoms with Crippen LogP contribution in [0.15, 0.2) is 42.6 Å². The normalized spacial score (nSPS) is 15.2. The van der Waals surface area contributed by atoms with E-state index in [9.17, 15) is 27.5 Å². The number of anilines is 1. The maximum Gasteiger partial charge on any atom is 0.435 e. The molecule has 202 valence electrons. The molecule has 3 heterocycles. The van der Waals surface area contributed by atoms with Gasteiger partial charge in [-0.15, -0.1) is 5.10 Å². The van der Waals surface area contributed by atoms with Crippen LogP contribution in [0.1, 0.15) is 40.2 Å². The summed E-state index contributed by atoms with van der Waals surface area (Å²) in [5.74, 6) is -0.580. The molecular formula is C26H26F4N4O4. The Bertz CT molecular complexity index is 1300. The number of nitrogens with one attached hydrogen (secondary N) is 1. The predicted octanol–water partition coefficient (Wildman–Crippen LogP) is 4.51. The standard InChI is InChI=1S/C26H26F4N4O4/c1-16-2-3-19(32-24(36)18-11-22(26(28,29)30)34-31-14-18)13-20(16)17-10-21(33-23(12-17)38-9-6-35)25(15-27)4-7-37-8-5-25/h2-3,10-14,35H,4-9,15H2,1H3,(H,32,36). The molecule has 1 aliphatic heterocycles. The molecule has 1 amide bonds. The zero-order valence-corrected chi connectivity index (χ0v) is 20.5. The van der Waals surface area contributed by atoms with Crippen molar-refractivity contribution in [3.8, 4) is 17.0 Å². The number of aliphatic hydroxyl groups excluding tert-OH is 1. The van der Waals surface area contributed by atoms with E-state index in [1.165, 1.54) is 0 Å². The van der Waals surface area contributed by atoms with Gasteiger partial charge in [-0.3, -0.25) is 9.18 Å². The summed E-state index contributed by atoms with van der Waals surface area (Å²) in [5, 5.41) is 18.1. The first-order valence-electron chi connectivity index (χ1n) is 11.9. The number of ether oxygens (including phenoxy) is 2. The number of hydrogen-bond donors (Lipinski definition) is 2. The largest absolute Gasteiger partial charge is 0.475 e. The van der Waals surface area contributed by atoms with Gasteiger partial charge < -0.3 is 19.9 Å². The van der Waals surface area contributed by atoms with Crippen LogP contribution in [0.3, 0.4) is 0 Å². The Balaban J connectivity index is 1.69. The van der Waals surface area contributed by atoms with E-state index < -0.39 is 29.9 Å². The minimum atomic E-state index is -4.74. The summed E-state index contributed by atoms with van der Waals surface area (Å²) in [7, 11) is 0. The maximum absolute atomic E-state index is 14.4. The second-order valence-corrected chi connectivity index (χ2v) is 8.99. The molecule has 2 aromatic heterocycles. The number of alkyl halides is 4. The number of amides is 1. The van der Waals surface area contributed by atoms with Gasteiger partial charge in [0.2, 0.25) is 5.88 Å². The van der Waals surface area contributed by atoms with Crippen LogP contribution < -0.4 is 10.1 Å². The van der Waals surface area contributed by atoms with E-state index in [2.05, 4.69) is 20.5 Å². The molecule has 3 aromatic rings. The quantitative estimate of drug-likeness (QED) is 0.410. The summed E-state index contributed by atoms with van der Waals surface area (Å²) in [6, 6.07) is 9.07. The van der Waals surface area contributed by atoms with E-state index in [0.717, 1.165) is 11.8 Å². The van der Waals surface area contributed by atoms with Gasteiger partial charge in [-0.2, -0.15) is 18.3 Å². The van der Waals surface area contributed by atoms with Gasteiger partial charge in [0.15, 0.2) is 5.69 Å². The van der Waals surface area contributed by atoms with Crippen LogP contribution in [0.2, 0.25) is 0 Å². The highest BCUT2D eigenvalue weighted by molar-refractivity contribution is 6.04. The molecule has 8 nitrogen and oxygen atoms in total. The second-order valence-electron chi connectivity index (χ2n) is 8.99. The molecule has 0 radical (unpaired) electrons. The van der Waals surface area contributed by atoms with E-state index in [1.54, 1.807) is 30.3 Å². The average Bonchev–Trinajstić information content (AvgIpc) is 2.92. The van der Waals surface area contributed by atoms with Crippen molar-refractivity contribution in [1.82, 2.24) is 15.2 Å². The van der Waals surface area contributed by atoms with E-state index in [-0.39, 0.29) is 24.7 Å². The fraction of sp³-hybridized carbons (Fsp3) is 0.385. The van der Waals surface area contributed by atoms with E-state index in [1.807, 2.05) is 6.92 Å². The van der Waals surface area contributed by atoms with Crippen LogP contribution in [-0.2, 0) is 16.3 Å². The summed E-state index contributed by atoms with van der Waals surface area (Å²) in [6.07, 6.45) is -2.91. The first-order chi connectivity index (χ1) is 18.1. The number of carbonyl (C=O) groups is 1. The van der Waals surface area contributed by atoms with Crippen molar-refractivity contribution in [2.75, 3.05) is 38.4 Å². The van der Waals surface area contributed by atoms with E-state index >= 15 is 0 Å². The lowest BCUT2D eigenvalue weighted by Gasteiger charge is -2.34. The number of benzene rings is 1. The first kappa shape index (κ1) is 27.4. The number of aryl methyl sites for hydroxylation is 1. The van der Waals surface area contributed by atoms with Crippen molar-refractivity contribution in [3.63, 3.8) is 0 Å². The molecule has 38 heavy (non-hydrogen) atoms. The molecule has 1 aromatic carbocycles. The van der Waals surface area contributed by atoms with Crippen LogP contribution in [0.4, 0.5) is 23.2 Å². The molecule has 1 aliphatic rings. The van der Waals surface area contributed by atoms with Crippen LogP contribution in [0.25, 0.3) is 11.1 Å². The molecule has 1 fully saturated rings. The number of nitrogens with zero attached hydrogens (tertiary/aromatic N) is 3. The number of aliphatic hydroxyl groups is 1. The third kappa shape index (κ3) is 6.08. The molecule has 1 saturated heterocycles. The van der Waals surface area contributed by atoms with Gasteiger partial charge in [-0.05, 0) is 60.7 Å². The lowest BCUT2D eigenvalue weighted by molar-refractivity contribution is -0.141. The molecule has 4 rings (SSSR count). The molecule has 0 bridgehead atoms. The SMILES string of the molecule is Cc1ccc(NC(=O)c2cnnc(C(F)(F)F)c2)cc1-c1cc(OCCO)nc(C2(CF)CCOCC2)c1. The Morgan fingerprint density at radius 2 is 1.95 bits per heavy atom. The zero-order chi connectivity index (χ0) is 27.3. The van der Waals surface area contributed by atoms with Gasteiger partial charge in [0.05, 0.1) is 24.1 Å². The van der Waals surface area contributed by atoms with Crippen molar-refractivity contribution in [2.45, 2.75) is 31.4 Å². The van der Waals surface area contributed by atoms with Gasteiger partial charge in [0, 0.05) is 30.4 Å². The molecule has 0 unspecified atom stereocenters. The molecule has 0 aliphatic carbocycles. The second kappa shape index (κ2) is 11.4. The van der Waals surface area contributed by atoms with Crippen LogP contribution in [0, 0.1) is 6.92 Å². The lowest BCUT2D eigenvalue weighted by atomic mass is 9.77. The van der Waals surface area contributed by atoms with Crippen LogP contribution in [0.5, 0.6) is 5.88 Å². The maximum atomic E-state index is 14.4. The molecule has 0 spiro atoms. The number of aromatic nitrogens is 3. The van der Waals surface area contributed by atoms with Gasteiger partial charge in [0.1, 0.15) is 13.3 Å². The van der Waals surface area contributed by atoms with E-state index in [4.69, 9.17) is 9.47 Å². The van der Waals surface area contributed by atoms with Gasteiger partial charge in [0.25, 0.3) is 5.91 Å². The minimum absolute atomic E-state index is 0.00338. The lowest BCUT2D eigenvalue weighted by Crippen LogP contribution is -2.36. The number of hydrogen-bond acceptors (Lipinski definition) is 7. The topological polar surface area (TPSA) is 106 Å². The molecule has 0 atom stereocenters. The third-order valence-electron chi connectivity index (χ3n) is 6.41.